The molecular weight excluding hydrogens is 338 g/mol. The number of carbonyl (C=O) groups is 3. The number of ether oxygens (including phenoxy) is 3. The lowest BCUT2D eigenvalue weighted by Crippen LogP contribution is -2.49. The van der Waals surface area contributed by atoms with Gasteiger partial charge >= 0.3 is 18.0 Å². The van der Waals surface area contributed by atoms with Gasteiger partial charge in [-0.3, -0.25) is 4.90 Å². The average molecular weight is 367 g/mol. The molecule has 26 heavy (non-hydrogen) atoms. The van der Waals surface area contributed by atoms with E-state index in [-0.39, 0.29) is 18.1 Å². The number of allylic oxidation sites excluding steroid dienone is 1. The number of nitrogens with zero attached hydrogens (tertiary/aromatic N) is 1. The van der Waals surface area contributed by atoms with Crippen molar-refractivity contribution in [1.82, 2.24) is 4.90 Å². The van der Waals surface area contributed by atoms with Crippen LogP contribution in [0.3, 0.4) is 0 Å². The molecule has 0 aromatic heterocycles. The van der Waals surface area contributed by atoms with Crippen molar-refractivity contribution in [3.05, 3.63) is 23.8 Å². The highest BCUT2D eigenvalue weighted by atomic mass is 16.6. The Morgan fingerprint density at radius 1 is 1.15 bits per heavy atom. The molecule has 0 bridgehead atoms. The number of methoxy groups -OCH3 is 1. The topological polar surface area (TPSA) is 82.1 Å². The van der Waals surface area contributed by atoms with Crippen molar-refractivity contribution >= 4 is 18.0 Å². The molecule has 1 aliphatic rings. The van der Waals surface area contributed by atoms with Crippen molar-refractivity contribution in [2.45, 2.75) is 59.2 Å². The van der Waals surface area contributed by atoms with Crippen molar-refractivity contribution in [2.24, 2.45) is 5.92 Å². The van der Waals surface area contributed by atoms with Crippen molar-refractivity contribution in [3.63, 3.8) is 0 Å². The van der Waals surface area contributed by atoms with Crippen LogP contribution in [0.25, 0.3) is 0 Å². The molecule has 0 fully saturated rings. The summed E-state index contributed by atoms with van der Waals surface area (Å²) in [5, 5.41) is 0. The zero-order chi connectivity index (χ0) is 20.1. The van der Waals surface area contributed by atoms with Crippen LogP contribution in [0, 0.1) is 5.92 Å². The van der Waals surface area contributed by atoms with Crippen molar-refractivity contribution in [2.75, 3.05) is 13.7 Å². The second-order valence-corrected chi connectivity index (χ2v) is 7.27. The second kappa shape index (κ2) is 8.87. The lowest BCUT2D eigenvalue weighted by molar-refractivity contribution is -0.145. The number of amides is 1. The zero-order valence-corrected chi connectivity index (χ0v) is 16.6. The van der Waals surface area contributed by atoms with E-state index in [1.807, 2.05) is 13.8 Å². The van der Waals surface area contributed by atoms with Gasteiger partial charge in [0.2, 0.25) is 0 Å². The number of hydrogen-bond donors (Lipinski definition) is 0. The third-order valence-corrected chi connectivity index (χ3v) is 3.46. The molecule has 1 amide bonds. The van der Waals surface area contributed by atoms with Gasteiger partial charge < -0.3 is 14.2 Å². The van der Waals surface area contributed by atoms with E-state index in [4.69, 9.17) is 14.2 Å². The summed E-state index contributed by atoms with van der Waals surface area (Å²) < 4.78 is 15.4. The van der Waals surface area contributed by atoms with E-state index >= 15 is 0 Å². The van der Waals surface area contributed by atoms with Gasteiger partial charge in [-0.05, 0) is 33.6 Å². The van der Waals surface area contributed by atoms with Gasteiger partial charge in [0, 0.05) is 0 Å². The van der Waals surface area contributed by atoms with Crippen LogP contribution in [0.15, 0.2) is 23.8 Å². The Kier molecular flexibility index (Phi) is 7.41. The molecule has 0 saturated heterocycles. The Balaban J connectivity index is 3.31. The Morgan fingerprint density at radius 2 is 1.73 bits per heavy atom. The fourth-order valence-electron chi connectivity index (χ4n) is 2.54. The summed E-state index contributed by atoms with van der Waals surface area (Å²) in [5.41, 5.74) is -0.466. The van der Waals surface area contributed by atoms with Crippen molar-refractivity contribution < 1.29 is 28.6 Å². The Hall–Kier alpha value is -2.31. The molecule has 0 radical (unpaired) electrons. The zero-order valence-electron chi connectivity index (χ0n) is 16.6. The molecule has 0 unspecified atom stereocenters. The summed E-state index contributed by atoms with van der Waals surface area (Å²) in [5.74, 6) is -1.10. The summed E-state index contributed by atoms with van der Waals surface area (Å²) in [4.78, 5) is 38.5. The van der Waals surface area contributed by atoms with Crippen LogP contribution in [0.1, 0.15) is 41.5 Å². The molecule has 146 valence electrons. The lowest BCUT2D eigenvalue weighted by atomic mass is 10.0. The maximum absolute atomic E-state index is 12.7. The molecule has 0 aliphatic carbocycles. The Bertz CT molecular complexity index is 600. The van der Waals surface area contributed by atoms with Gasteiger partial charge in [0.1, 0.15) is 5.60 Å². The van der Waals surface area contributed by atoms with E-state index < -0.39 is 35.7 Å². The standard InChI is InChI=1S/C19H29NO6/c1-8-25-16(21)13(11-12(2)3)14-9-10-15(17(22)24-7)20(14)18(23)26-19(4,5)6/h9-12,14-15H,8H2,1-7H3/b13-11-/t14-,15+/m1/s1. The summed E-state index contributed by atoms with van der Waals surface area (Å²) in [6.45, 7) is 10.9. The maximum Gasteiger partial charge on any atom is 0.412 e. The quantitative estimate of drug-likeness (QED) is 0.322. The monoisotopic (exact) mass is 367 g/mol. The minimum Gasteiger partial charge on any atom is -0.467 e. The van der Waals surface area contributed by atoms with Gasteiger partial charge in [-0.15, -0.1) is 0 Å². The predicted molar refractivity (Wildman–Crippen MR) is 96.4 cm³/mol. The molecule has 1 heterocycles. The summed E-state index contributed by atoms with van der Waals surface area (Å²) in [7, 11) is 1.24. The first-order valence-corrected chi connectivity index (χ1v) is 8.68. The number of carbonyl (C=O) groups excluding carboxylic acids is 3. The van der Waals surface area contributed by atoms with E-state index in [2.05, 4.69) is 0 Å². The van der Waals surface area contributed by atoms with E-state index in [1.165, 1.54) is 18.1 Å². The highest BCUT2D eigenvalue weighted by Crippen LogP contribution is 2.28. The molecule has 1 rings (SSSR count). The largest absolute Gasteiger partial charge is 0.467 e. The maximum atomic E-state index is 12.7. The predicted octanol–water partition coefficient (Wildman–Crippen LogP) is 2.85. The first-order valence-electron chi connectivity index (χ1n) is 8.68. The van der Waals surface area contributed by atoms with Gasteiger partial charge in [-0.2, -0.15) is 0 Å². The highest BCUT2D eigenvalue weighted by molar-refractivity contribution is 5.93. The van der Waals surface area contributed by atoms with Crippen LogP contribution in [0.2, 0.25) is 0 Å². The molecule has 2 atom stereocenters. The van der Waals surface area contributed by atoms with Crippen LogP contribution in [-0.2, 0) is 23.8 Å². The molecule has 7 nitrogen and oxygen atoms in total. The fraction of sp³-hybridized carbons (Fsp3) is 0.632. The van der Waals surface area contributed by atoms with Crippen molar-refractivity contribution in [1.29, 1.82) is 0 Å². The minimum atomic E-state index is -0.968. The van der Waals surface area contributed by atoms with E-state index in [0.717, 1.165) is 0 Å². The summed E-state index contributed by atoms with van der Waals surface area (Å²) in [6.07, 6.45) is 4.18. The molecule has 0 saturated carbocycles. The normalized spacial score (nSPS) is 20.3. The molecule has 0 aromatic carbocycles. The van der Waals surface area contributed by atoms with Gasteiger partial charge in [0.05, 0.1) is 25.3 Å². The SMILES string of the molecule is CCOC(=O)/C(=C\C(C)C)[C@H]1C=C[C@@H](C(=O)OC)N1C(=O)OC(C)(C)C. The molecule has 0 aromatic rings. The third kappa shape index (κ3) is 5.61. The van der Waals surface area contributed by atoms with Crippen molar-refractivity contribution in [3.8, 4) is 0 Å². The first-order chi connectivity index (χ1) is 12.0. The molecule has 7 heteroatoms. The minimum absolute atomic E-state index is 0.0421. The molecule has 0 N–H and O–H groups in total. The number of rotatable bonds is 5. The average Bonchev–Trinajstić information content (AvgIpc) is 2.94. The number of esters is 2. The fourth-order valence-corrected chi connectivity index (χ4v) is 2.54. The van der Waals surface area contributed by atoms with Gasteiger partial charge in [-0.1, -0.05) is 32.1 Å². The Morgan fingerprint density at radius 3 is 2.19 bits per heavy atom. The lowest BCUT2D eigenvalue weighted by Gasteiger charge is -2.32. The molecule has 0 spiro atoms. The number of hydrogen-bond acceptors (Lipinski definition) is 6. The second-order valence-electron chi connectivity index (χ2n) is 7.27. The highest BCUT2D eigenvalue weighted by Gasteiger charge is 2.43. The van der Waals surface area contributed by atoms with Crippen LogP contribution in [-0.4, -0.2) is 54.3 Å². The van der Waals surface area contributed by atoms with Gasteiger partial charge in [0.15, 0.2) is 6.04 Å². The van der Waals surface area contributed by atoms with Crippen LogP contribution in [0.4, 0.5) is 4.79 Å². The van der Waals surface area contributed by atoms with E-state index in [1.54, 1.807) is 39.8 Å². The summed E-state index contributed by atoms with van der Waals surface area (Å²) >= 11 is 0. The smallest absolute Gasteiger partial charge is 0.412 e. The van der Waals surface area contributed by atoms with Crippen LogP contribution < -0.4 is 0 Å². The van der Waals surface area contributed by atoms with Crippen LogP contribution >= 0.6 is 0 Å². The molecular formula is C19H29NO6. The van der Waals surface area contributed by atoms with Crippen LogP contribution in [0.5, 0.6) is 0 Å². The Labute approximate surface area is 155 Å². The third-order valence-electron chi connectivity index (χ3n) is 3.46. The van der Waals surface area contributed by atoms with E-state index in [9.17, 15) is 14.4 Å². The van der Waals surface area contributed by atoms with Gasteiger partial charge in [0.25, 0.3) is 0 Å². The van der Waals surface area contributed by atoms with Gasteiger partial charge in [-0.25, -0.2) is 14.4 Å². The van der Waals surface area contributed by atoms with E-state index in [0.29, 0.717) is 0 Å². The molecule has 1 aliphatic heterocycles. The first kappa shape index (κ1) is 21.7. The summed E-state index contributed by atoms with van der Waals surface area (Å²) in [6, 6.07) is -1.74.